The molecule has 3 rings (SSSR count). The van der Waals surface area contributed by atoms with Crippen molar-refractivity contribution >= 4 is 5.95 Å². The van der Waals surface area contributed by atoms with E-state index in [2.05, 4.69) is 26.3 Å². The highest BCUT2D eigenvalue weighted by atomic mass is 16.5. The van der Waals surface area contributed by atoms with Crippen LogP contribution >= 0.6 is 0 Å². The molecule has 0 fully saturated rings. The molecule has 0 bridgehead atoms. The van der Waals surface area contributed by atoms with Crippen LogP contribution in [-0.2, 0) is 13.1 Å². The summed E-state index contributed by atoms with van der Waals surface area (Å²) >= 11 is 0. The fraction of sp³-hybridized carbons (Fsp3) is 0.444. The van der Waals surface area contributed by atoms with Gasteiger partial charge in [-0.3, -0.25) is 4.90 Å². The third-order valence-corrected chi connectivity index (χ3v) is 3.99. The number of rotatable bonds is 5. The second kappa shape index (κ2) is 7.97. The first kappa shape index (κ1) is 16.5. The van der Waals surface area contributed by atoms with E-state index >= 15 is 0 Å². The van der Waals surface area contributed by atoms with Gasteiger partial charge in [-0.15, -0.1) is 0 Å². The molecule has 0 saturated heterocycles. The van der Waals surface area contributed by atoms with Crippen LogP contribution in [0, 0.1) is 0 Å². The number of benzene rings is 1. The Bertz CT molecular complexity index is 661. The van der Waals surface area contributed by atoms with Crippen molar-refractivity contribution < 1.29 is 9.47 Å². The normalized spacial score (nSPS) is 14.9. The van der Waals surface area contributed by atoms with E-state index in [4.69, 9.17) is 9.47 Å². The van der Waals surface area contributed by atoms with Crippen molar-refractivity contribution in [2.24, 2.45) is 0 Å². The molecule has 6 heteroatoms. The number of nitrogens with zero attached hydrogens (tertiary/aromatic N) is 3. The summed E-state index contributed by atoms with van der Waals surface area (Å²) < 4.78 is 11.3. The molecule has 6 nitrogen and oxygen atoms in total. The van der Waals surface area contributed by atoms with E-state index in [-0.39, 0.29) is 0 Å². The van der Waals surface area contributed by atoms with Crippen LogP contribution in [0.4, 0.5) is 5.95 Å². The van der Waals surface area contributed by atoms with Gasteiger partial charge in [-0.2, -0.15) is 0 Å². The lowest BCUT2D eigenvalue weighted by molar-refractivity contribution is 0.195. The zero-order valence-corrected chi connectivity index (χ0v) is 14.3. The molecule has 2 heterocycles. The summed E-state index contributed by atoms with van der Waals surface area (Å²) in [4.78, 5) is 11.1. The number of fused-ring (bicyclic) bond motifs is 1. The molecule has 2 aromatic rings. The maximum absolute atomic E-state index is 5.91. The van der Waals surface area contributed by atoms with Crippen LogP contribution in [-0.4, -0.2) is 41.7 Å². The number of hydrogen-bond acceptors (Lipinski definition) is 6. The fourth-order valence-corrected chi connectivity index (χ4v) is 2.87. The van der Waals surface area contributed by atoms with E-state index in [1.807, 2.05) is 31.5 Å². The summed E-state index contributed by atoms with van der Waals surface area (Å²) in [7, 11) is 1.68. The Morgan fingerprint density at radius 3 is 2.88 bits per heavy atom. The van der Waals surface area contributed by atoms with E-state index in [9.17, 15) is 0 Å². The minimum atomic E-state index is 0.678. The van der Waals surface area contributed by atoms with Crippen molar-refractivity contribution in [3.63, 3.8) is 0 Å². The molecule has 24 heavy (non-hydrogen) atoms. The number of para-hydroxylation sites is 1. The van der Waals surface area contributed by atoms with Crippen LogP contribution in [0.2, 0.25) is 0 Å². The molecule has 0 spiro atoms. The van der Waals surface area contributed by atoms with Crippen LogP contribution in [0.1, 0.15) is 24.5 Å². The average molecular weight is 328 g/mol. The van der Waals surface area contributed by atoms with Gasteiger partial charge in [-0.05, 0) is 19.4 Å². The monoisotopic (exact) mass is 328 g/mol. The van der Waals surface area contributed by atoms with Gasteiger partial charge in [0.1, 0.15) is 0 Å². The van der Waals surface area contributed by atoms with Gasteiger partial charge in [0.15, 0.2) is 11.5 Å². The van der Waals surface area contributed by atoms with Crippen LogP contribution in [0.3, 0.4) is 0 Å². The maximum Gasteiger partial charge on any atom is 0.222 e. The fourth-order valence-electron chi connectivity index (χ4n) is 2.87. The average Bonchev–Trinajstić information content (AvgIpc) is 2.58. The highest BCUT2D eigenvalue weighted by Crippen LogP contribution is 2.33. The topological polar surface area (TPSA) is 59.5 Å². The molecule has 128 valence electrons. The smallest absolute Gasteiger partial charge is 0.222 e. The highest BCUT2D eigenvalue weighted by Gasteiger charge is 2.17. The molecule has 0 unspecified atom stereocenters. The summed E-state index contributed by atoms with van der Waals surface area (Å²) in [5.74, 6) is 2.34. The van der Waals surface area contributed by atoms with E-state index in [1.54, 1.807) is 7.11 Å². The summed E-state index contributed by atoms with van der Waals surface area (Å²) in [5, 5.41) is 3.12. The van der Waals surface area contributed by atoms with Crippen LogP contribution in [0.15, 0.2) is 30.6 Å². The molecule has 1 aromatic heterocycles. The molecule has 0 atom stereocenters. The third-order valence-electron chi connectivity index (χ3n) is 3.99. The van der Waals surface area contributed by atoms with Gasteiger partial charge in [0.2, 0.25) is 5.95 Å². The predicted octanol–water partition coefficient (Wildman–Crippen LogP) is 2.70. The predicted molar refractivity (Wildman–Crippen MR) is 93.4 cm³/mol. The van der Waals surface area contributed by atoms with Gasteiger partial charge in [0, 0.05) is 49.7 Å². The molecule has 0 saturated carbocycles. The standard InChI is InChI=1S/C18H24N4O2/c1-3-19-18-20-10-14(11-21-18)12-22-8-5-9-24-17-15(13-22)6-4-7-16(17)23-2/h4,6-7,10-11H,3,5,8-9,12-13H2,1-2H3,(H,19,20,21). The summed E-state index contributed by atoms with van der Waals surface area (Å²) in [6.45, 7) is 6.17. The highest BCUT2D eigenvalue weighted by molar-refractivity contribution is 5.46. The Hall–Kier alpha value is -2.34. The van der Waals surface area contributed by atoms with E-state index in [0.29, 0.717) is 12.6 Å². The Labute approximate surface area is 142 Å². The van der Waals surface area contributed by atoms with Gasteiger partial charge in [0.05, 0.1) is 13.7 Å². The lowest BCUT2D eigenvalue weighted by Gasteiger charge is -2.27. The largest absolute Gasteiger partial charge is 0.493 e. The van der Waals surface area contributed by atoms with Gasteiger partial charge < -0.3 is 14.8 Å². The zero-order valence-electron chi connectivity index (χ0n) is 14.3. The number of aromatic nitrogens is 2. The minimum Gasteiger partial charge on any atom is -0.493 e. The first-order valence-corrected chi connectivity index (χ1v) is 8.36. The van der Waals surface area contributed by atoms with Crippen molar-refractivity contribution in [3.05, 3.63) is 41.7 Å². The number of anilines is 1. The third kappa shape index (κ3) is 3.94. The van der Waals surface area contributed by atoms with Gasteiger partial charge in [-0.1, -0.05) is 12.1 Å². The lowest BCUT2D eigenvalue weighted by Crippen LogP contribution is -2.27. The maximum atomic E-state index is 5.91. The lowest BCUT2D eigenvalue weighted by atomic mass is 10.1. The second-order valence-corrected chi connectivity index (χ2v) is 5.81. The molecule has 1 N–H and O–H groups in total. The summed E-state index contributed by atoms with van der Waals surface area (Å²) in [6.07, 6.45) is 4.77. The Kier molecular flexibility index (Phi) is 5.48. The van der Waals surface area contributed by atoms with E-state index in [0.717, 1.165) is 55.2 Å². The summed E-state index contributed by atoms with van der Waals surface area (Å²) in [6, 6.07) is 6.05. The van der Waals surface area contributed by atoms with E-state index in [1.165, 1.54) is 0 Å². The van der Waals surface area contributed by atoms with Crippen molar-refractivity contribution in [1.29, 1.82) is 0 Å². The number of hydrogen-bond donors (Lipinski definition) is 1. The Balaban J connectivity index is 1.74. The molecule has 0 radical (unpaired) electrons. The first-order chi connectivity index (χ1) is 11.8. The second-order valence-electron chi connectivity index (χ2n) is 5.81. The van der Waals surface area contributed by atoms with Gasteiger partial charge >= 0.3 is 0 Å². The Morgan fingerprint density at radius 2 is 2.12 bits per heavy atom. The minimum absolute atomic E-state index is 0.678. The number of nitrogens with one attached hydrogen (secondary N) is 1. The molecule has 0 amide bonds. The number of methoxy groups -OCH3 is 1. The SMILES string of the molecule is CCNc1ncc(CN2CCCOc3c(cccc3OC)C2)cn1. The van der Waals surface area contributed by atoms with Gasteiger partial charge in [0.25, 0.3) is 0 Å². The quantitative estimate of drug-likeness (QED) is 0.911. The molecular formula is C18H24N4O2. The Morgan fingerprint density at radius 1 is 1.29 bits per heavy atom. The van der Waals surface area contributed by atoms with Crippen LogP contribution < -0.4 is 14.8 Å². The summed E-state index contributed by atoms with van der Waals surface area (Å²) in [5.41, 5.74) is 2.27. The molecule has 1 aliphatic heterocycles. The van der Waals surface area contributed by atoms with Crippen LogP contribution in [0.5, 0.6) is 11.5 Å². The van der Waals surface area contributed by atoms with E-state index < -0.39 is 0 Å². The van der Waals surface area contributed by atoms with Crippen molar-refractivity contribution in [2.75, 3.05) is 32.1 Å². The van der Waals surface area contributed by atoms with Crippen molar-refractivity contribution in [2.45, 2.75) is 26.4 Å². The van der Waals surface area contributed by atoms with Crippen molar-refractivity contribution in [1.82, 2.24) is 14.9 Å². The molecule has 0 aliphatic carbocycles. The van der Waals surface area contributed by atoms with Crippen LogP contribution in [0.25, 0.3) is 0 Å². The molecule has 1 aliphatic rings. The molecular weight excluding hydrogens is 304 g/mol. The molecule has 1 aromatic carbocycles. The number of ether oxygens (including phenoxy) is 2. The zero-order chi connectivity index (χ0) is 16.8. The first-order valence-electron chi connectivity index (χ1n) is 8.36. The van der Waals surface area contributed by atoms with Gasteiger partial charge in [-0.25, -0.2) is 9.97 Å². The van der Waals surface area contributed by atoms with Crippen molar-refractivity contribution in [3.8, 4) is 11.5 Å².